The van der Waals surface area contributed by atoms with Crippen molar-refractivity contribution >= 4 is 5.97 Å². The predicted molar refractivity (Wildman–Crippen MR) is 139 cm³/mol. The molecule has 4 nitrogen and oxygen atoms in total. The number of hydrogen-bond acceptors (Lipinski definition) is 4. The van der Waals surface area contributed by atoms with Crippen LogP contribution in [0.25, 0.3) is 11.1 Å². The summed E-state index contributed by atoms with van der Waals surface area (Å²) in [4.78, 5) is 21.3. The average Bonchev–Trinajstić information content (AvgIpc) is 2.81. The van der Waals surface area contributed by atoms with Crippen molar-refractivity contribution in [3.05, 3.63) is 77.9 Å². The van der Waals surface area contributed by atoms with Gasteiger partial charge in [0.1, 0.15) is 11.6 Å². The van der Waals surface area contributed by atoms with Crippen LogP contribution in [0.4, 0.5) is 0 Å². The number of esters is 1. The Balaban J connectivity index is 0.00000129. The Morgan fingerprint density at radius 1 is 0.667 bits per heavy atom. The molecule has 0 aliphatic rings. The highest BCUT2D eigenvalue weighted by atomic mass is 16.5. The largest absolute Gasteiger partial charge is 0.423 e. The monoisotopic (exact) mass is 448 g/mol. The van der Waals surface area contributed by atoms with Gasteiger partial charge in [-0.15, -0.1) is 0 Å². The molecule has 3 rings (SSSR count). The smallest absolute Gasteiger partial charge is 0.343 e. The highest BCUT2D eigenvalue weighted by Crippen LogP contribution is 2.25. The molecule has 0 fully saturated rings. The molecule has 0 bridgehead atoms. The van der Waals surface area contributed by atoms with E-state index in [0.717, 1.165) is 17.0 Å². The van der Waals surface area contributed by atoms with Gasteiger partial charge in [-0.2, -0.15) is 0 Å². The highest BCUT2D eigenvalue weighted by molar-refractivity contribution is 5.91. The third-order valence-corrected chi connectivity index (χ3v) is 4.71. The third-order valence-electron chi connectivity index (χ3n) is 4.71. The number of ether oxygens (including phenoxy) is 1. The van der Waals surface area contributed by atoms with Crippen molar-refractivity contribution in [1.29, 1.82) is 0 Å². The summed E-state index contributed by atoms with van der Waals surface area (Å²) in [7, 11) is 0. The molecule has 1 heterocycles. The third kappa shape index (κ3) is 8.12. The second-order valence-corrected chi connectivity index (χ2v) is 9.29. The number of benzene rings is 2. The number of carbonyl (C=O) groups excluding carboxylic acids is 1. The lowest BCUT2D eigenvalue weighted by molar-refractivity contribution is 0.0734. The molecule has 3 aromatic rings. The molecular formula is C29H40N2O2. The van der Waals surface area contributed by atoms with Crippen molar-refractivity contribution in [3.63, 3.8) is 0 Å². The number of rotatable bonds is 3. The summed E-state index contributed by atoms with van der Waals surface area (Å²) in [5, 5.41) is 0. The summed E-state index contributed by atoms with van der Waals surface area (Å²) in [6.45, 7) is 20.7. The van der Waals surface area contributed by atoms with Gasteiger partial charge < -0.3 is 4.74 Å². The van der Waals surface area contributed by atoms with E-state index in [9.17, 15) is 4.79 Å². The SMILES string of the molecule is CC.CC.CC(C)(C)c1ccc(C(=O)Oc2ccc(-c3cnc(C(C)(C)C)nc3)cc2)cc1. The van der Waals surface area contributed by atoms with Gasteiger partial charge in [0.2, 0.25) is 0 Å². The van der Waals surface area contributed by atoms with Crippen molar-refractivity contribution in [2.75, 3.05) is 0 Å². The molecular weight excluding hydrogens is 408 g/mol. The first-order valence-corrected chi connectivity index (χ1v) is 11.8. The first-order chi connectivity index (χ1) is 15.5. The summed E-state index contributed by atoms with van der Waals surface area (Å²) in [5.74, 6) is 0.950. The molecule has 0 amide bonds. The summed E-state index contributed by atoms with van der Waals surface area (Å²) >= 11 is 0. The van der Waals surface area contributed by atoms with E-state index in [0.29, 0.717) is 11.3 Å². The van der Waals surface area contributed by atoms with Gasteiger partial charge in [-0.25, -0.2) is 14.8 Å². The van der Waals surface area contributed by atoms with E-state index in [2.05, 4.69) is 51.5 Å². The van der Waals surface area contributed by atoms with Crippen molar-refractivity contribution in [2.24, 2.45) is 0 Å². The van der Waals surface area contributed by atoms with Crippen LogP contribution in [0.15, 0.2) is 60.9 Å². The Labute approximate surface area is 200 Å². The van der Waals surface area contributed by atoms with Crippen LogP contribution >= 0.6 is 0 Å². The van der Waals surface area contributed by atoms with Gasteiger partial charge in [0, 0.05) is 23.4 Å². The van der Waals surface area contributed by atoms with E-state index in [1.165, 1.54) is 5.56 Å². The molecule has 178 valence electrons. The van der Waals surface area contributed by atoms with Gasteiger partial charge in [-0.1, -0.05) is 93.5 Å². The standard InChI is InChI=1S/C25H28N2O2.2C2H6/c1-24(2,3)20-11-7-18(8-12-20)22(28)29-21-13-9-17(10-14-21)19-15-26-23(27-16-19)25(4,5)6;2*1-2/h7-16H,1-6H3;2*1-2H3. The quantitative estimate of drug-likeness (QED) is 0.301. The van der Waals surface area contributed by atoms with Crippen LogP contribution in [0.2, 0.25) is 0 Å². The minimum absolute atomic E-state index is 0.0487. The zero-order chi connectivity index (χ0) is 25.2. The van der Waals surface area contributed by atoms with Crippen molar-refractivity contribution in [2.45, 2.75) is 80.1 Å². The molecule has 33 heavy (non-hydrogen) atoms. The minimum Gasteiger partial charge on any atom is -0.423 e. The molecule has 0 atom stereocenters. The zero-order valence-corrected chi connectivity index (χ0v) is 22.0. The summed E-state index contributed by atoms with van der Waals surface area (Å²) in [5.41, 5.74) is 3.58. The summed E-state index contributed by atoms with van der Waals surface area (Å²) < 4.78 is 5.51. The van der Waals surface area contributed by atoms with Gasteiger partial charge >= 0.3 is 5.97 Å². The van der Waals surface area contributed by atoms with E-state index in [1.807, 2.05) is 76.5 Å². The Kier molecular flexibility index (Phi) is 10.4. The Morgan fingerprint density at radius 3 is 1.58 bits per heavy atom. The van der Waals surface area contributed by atoms with E-state index >= 15 is 0 Å². The minimum atomic E-state index is -0.365. The first-order valence-electron chi connectivity index (χ1n) is 11.8. The van der Waals surface area contributed by atoms with Crippen LogP contribution in [0.1, 0.15) is 91.0 Å². The van der Waals surface area contributed by atoms with Crippen molar-refractivity contribution in [1.82, 2.24) is 9.97 Å². The second kappa shape index (κ2) is 12.3. The number of aromatic nitrogens is 2. The number of hydrogen-bond donors (Lipinski definition) is 0. The fourth-order valence-corrected chi connectivity index (χ4v) is 2.85. The molecule has 0 unspecified atom stereocenters. The number of nitrogens with zero attached hydrogens (tertiary/aromatic N) is 2. The number of carbonyl (C=O) groups is 1. The lowest BCUT2D eigenvalue weighted by atomic mass is 9.87. The van der Waals surface area contributed by atoms with Gasteiger partial charge in [-0.3, -0.25) is 0 Å². The van der Waals surface area contributed by atoms with Crippen molar-refractivity contribution < 1.29 is 9.53 Å². The fraction of sp³-hybridized carbons (Fsp3) is 0.414. The first kappa shape index (κ1) is 28.0. The Hall–Kier alpha value is -3.01. The van der Waals surface area contributed by atoms with E-state index < -0.39 is 0 Å². The summed E-state index contributed by atoms with van der Waals surface area (Å²) in [6, 6.07) is 14.9. The van der Waals surface area contributed by atoms with Gasteiger partial charge in [-0.05, 0) is 40.8 Å². The molecule has 0 aliphatic carbocycles. The molecule has 0 saturated carbocycles. The molecule has 0 radical (unpaired) electrons. The highest BCUT2D eigenvalue weighted by Gasteiger charge is 2.17. The van der Waals surface area contributed by atoms with E-state index in [4.69, 9.17) is 4.74 Å². The maximum absolute atomic E-state index is 12.4. The van der Waals surface area contributed by atoms with Crippen LogP contribution in [0, 0.1) is 0 Å². The lowest BCUT2D eigenvalue weighted by Gasteiger charge is -2.18. The molecule has 4 heteroatoms. The van der Waals surface area contributed by atoms with Gasteiger partial charge in [0.25, 0.3) is 0 Å². The lowest BCUT2D eigenvalue weighted by Crippen LogP contribution is -2.15. The van der Waals surface area contributed by atoms with Gasteiger partial charge in [0.05, 0.1) is 5.56 Å². The van der Waals surface area contributed by atoms with E-state index in [-0.39, 0.29) is 16.8 Å². The Bertz CT molecular complexity index is 976. The molecule has 0 aliphatic heterocycles. The zero-order valence-electron chi connectivity index (χ0n) is 22.0. The molecule has 1 aromatic heterocycles. The van der Waals surface area contributed by atoms with Crippen LogP contribution < -0.4 is 4.74 Å². The maximum atomic E-state index is 12.4. The molecule has 2 aromatic carbocycles. The predicted octanol–water partition coefficient (Wildman–Crippen LogP) is 8.01. The van der Waals surface area contributed by atoms with Gasteiger partial charge in [0.15, 0.2) is 0 Å². The van der Waals surface area contributed by atoms with Crippen LogP contribution in [-0.2, 0) is 10.8 Å². The van der Waals surface area contributed by atoms with Crippen molar-refractivity contribution in [3.8, 4) is 16.9 Å². The molecule has 0 spiro atoms. The van der Waals surface area contributed by atoms with E-state index in [1.54, 1.807) is 12.1 Å². The summed E-state index contributed by atoms with van der Waals surface area (Å²) in [6.07, 6.45) is 3.65. The maximum Gasteiger partial charge on any atom is 0.343 e. The molecule has 0 saturated heterocycles. The average molecular weight is 449 g/mol. The second-order valence-electron chi connectivity index (χ2n) is 9.29. The Morgan fingerprint density at radius 2 is 1.15 bits per heavy atom. The van der Waals surface area contributed by atoms with Crippen LogP contribution in [0.3, 0.4) is 0 Å². The van der Waals surface area contributed by atoms with Crippen LogP contribution in [0.5, 0.6) is 5.75 Å². The van der Waals surface area contributed by atoms with Crippen LogP contribution in [-0.4, -0.2) is 15.9 Å². The fourth-order valence-electron chi connectivity index (χ4n) is 2.85. The normalized spacial score (nSPS) is 10.8. The molecule has 0 N–H and O–H groups in total. The topological polar surface area (TPSA) is 52.1 Å².